The van der Waals surface area contributed by atoms with Crippen LogP contribution in [-0.4, -0.2) is 115 Å². The van der Waals surface area contributed by atoms with Crippen LogP contribution in [0.1, 0.15) is 64.5 Å². The molecular weight excluding hydrogens is 871 g/mol. The zero-order valence-corrected chi connectivity index (χ0v) is 40.2. The van der Waals surface area contributed by atoms with Crippen molar-refractivity contribution in [3.05, 3.63) is 48.5 Å². The normalized spacial score (nSPS) is 25.2. The fourth-order valence-electron chi connectivity index (χ4n) is 6.05. The lowest BCUT2D eigenvalue weighted by molar-refractivity contribution is -0.0512. The van der Waals surface area contributed by atoms with Gasteiger partial charge < -0.3 is 37.8 Å². The fraction of sp³-hybridized carbons (Fsp3) is 0.649. The first-order valence-corrected chi connectivity index (χ1v) is 29.1. The van der Waals surface area contributed by atoms with Crippen molar-refractivity contribution in [2.75, 3.05) is 31.7 Å². The molecule has 0 bridgehead atoms. The molecule has 4 heterocycles. The van der Waals surface area contributed by atoms with Gasteiger partial charge in [-0.25, -0.2) is 15.0 Å². The summed E-state index contributed by atoms with van der Waals surface area (Å²) in [6.07, 6.45) is -4.00. The highest BCUT2D eigenvalue weighted by molar-refractivity contribution is 8.07. The quantitative estimate of drug-likeness (QED) is 0.0682. The van der Waals surface area contributed by atoms with Crippen molar-refractivity contribution < 1.29 is 55.8 Å². The highest BCUT2D eigenvalue weighted by atomic mass is 32.5. The van der Waals surface area contributed by atoms with Gasteiger partial charge in [-0.1, -0.05) is 59.7 Å². The molecule has 2 fully saturated rings. The molecule has 2 aromatic heterocycles. The van der Waals surface area contributed by atoms with Gasteiger partial charge in [0.05, 0.1) is 45.2 Å². The summed E-state index contributed by atoms with van der Waals surface area (Å²) in [5.41, 5.74) is 0.932. The maximum Gasteiger partial charge on any atom is 0.695 e. The number of nitrogens with one attached hydrogen (secondary N) is 1. The van der Waals surface area contributed by atoms with E-state index in [2.05, 4.69) is 88.0 Å². The van der Waals surface area contributed by atoms with E-state index in [4.69, 9.17) is 48.2 Å². The van der Waals surface area contributed by atoms with E-state index in [-0.39, 0.29) is 53.3 Å². The van der Waals surface area contributed by atoms with Crippen LogP contribution in [0.5, 0.6) is 0 Å². The average Bonchev–Trinajstić information content (AvgIpc) is 3.85. The van der Waals surface area contributed by atoms with Crippen LogP contribution in [0.2, 0.25) is 36.3 Å². The molecule has 5 rings (SSSR count). The molecule has 3 N–H and O–H groups in total. The van der Waals surface area contributed by atoms with E-state index in [1.165, 1.54) is 12.7 Å². The van der Waals surface area contributed by atoms with Crippen LogP contribution in [0.3, 0.4) is 0 Å². The van der Waals surface area contributed by atoms with Crippen molar-refractivity contribution in [1.29, 1.82) is 5.26 Å². The summed E-state index contributed by atoms with van der Waals surface area (Å²) >= 11 is 6.06. The van der Waals surface area contributed by atoms with Gasteiger partial charge >= 0.3 is 15.0 Å². The van der Waals surface area contributed by atoms with Gasteiger partial charge in [-0.15, -0.1) is 9.42 Å². The summed E-state index contributed by atoms with van der Waals surface area (Å²) in [5, 5.41) is 22.6. The van der Waals surface area contributed by atoms with E-state index in [1.807, 2.05) is 6.07 Å². The first kappa shape index (κ1) is 48.5. The fourth-order valence-corrected chi connectivity index (χ4v) is 11.2. The number of fused-ring (bicyclic) bond motifs is 1. The second kappa shape index (κ2) is 19.5. The van der Waals surface area contributed by atoms with E-state index < -0.39 is 87.0 Å². The van der Waals surface area contributed by atoms with Crippen molar-refractivity contribution in [2.45, 2.75) is 127 Å². The summed E-state index contributed by atoms with van der Waals surface area (Å²) in [4.78, 5) is 36.3. The number of nitriles is 1. The Morgan fingerprint density at radius 2 is 1.68 bits per heavy atom. The Morgan fingerprint density at radius 1 is 1.02 bits per heavy atom. The number of hydrogen-bond donors (Lipinski definition) is 3. The third-order valence-corrected chi connectivity index (χ3v) is 23.1. The van der Waals surface area contributed by atoms with Gasteiger partial charge in [0.1, 0.15) is 36.8 Å². The monoisotopic (exact) mass is 927 g/mol. The third kappa shape index (κ3) is 11.4. The third-order valence-electron chi connectivity index (χ3n) is 11.4. The van der Waals surface area contributed by atoms with Crippen LogP contribution in [0.4, 0.5) is 5.82 Å². The molecule has 2 saturated heterocycles. The van der Waals surface area contributed by atoms with Crippen LogP contribution in [0.25, 0.3) is 11.2 Å². The Hall–Kier alpha value is -2.49. The lowest BCUT2D eigenvalue weighted by Gasteiger charge is -2.41. The number of anilines is 1. The number of carbonyl (C=O) groups excluding carboxylic acids is 1. The Labute approximate surface area is 359 Å². The summed E-state index contributed by atoms with van der Waals surface area (Å²) in [6.45, 7) is 15.9. The van der Waals surface area contributed by atoms with E-state index in [0.29, 0.717) is 5.56 Å². The number of ether oxygens (including phenoxy) is 2. The van der Waals surface area contributed by atoms with Crippen LogP contribution in [0, 0.1) is 11.3 Å². The maximum absolute atomic E-state index is 13.1. The maximum atomic E-state index is 13.1. The standard InChI is InChI=1S/C37H56N6O12P2SSi2/c1-36(2,3)59(7,8)54-27-20-48-26(29(27)52-56(46)47)21-50-57(58,49-18-14-17-38)53-31-30(55-60(9,10)37(4,5)6)25(19-44)51-35(31)43-23-41-28-32(39-22-40-33(28)43)42-34(45)24-15-12-11-13-16-24/h11-13,15-16,22-23,25-27,29-31,35,44H,14,18-21H2,1-10H3,(H-,39,40,42,45,46,47)/p+1/t25-,26?,27?,29?,30-,31-,35-,57?/m1/s1. The molecule has 5 unspecified atom stereocenters. The largest absolute Gasteiger partial charge is 0.695 e. The molecule has 330 valence electrons. The molecule has 9 atom stereocenters. The predicted octanol–water partition coefficient (Wildman–Crippen LogP) is 6.74. The summed E-state index contributed by atoms with van der Waals surface area (Å²) < 4.78 is 64.4. The number of imidazole rings is 1. The second-order valence-electron chi connectivity index (χ2n) is 17.6. The molecule has 0 saturated carbocycles. The molecule has 1 amide bonds. The minimum atomic E-state index is -3.91. The van der Waals surface area contributed by atoms with Crippen LogP contribution >= 0.6 is 15.0 Å². The minimum absolute atomic E-state index is 0.0432. The molecule has 2 aliphatic rings. The van der Waals surface area contributed by atoms with Crippen molar-refractivity contribution in [2.24, 2.45) is 0 Å². The second-order valence-corrected chi connectivity index (χ2v) is 30.8. The first-order chi connectivity index (χ1) is 28.0. The van der Waals surface area contributed by atoms with Gasteiger partial charge in [-0.2, -0.15) is 5.26 Å². The average molecular weight is 928 g/mol. The van der Waals surface area contributed by atoms with E-state index in [0.717, 1.165) is 0 Å². The molecule has 1 aromatic carbocycles. The number of carbonyl (C=O) groups is 1. The Morgan fingerprint density at radius 3 is 2.30 bits per heavy atom. The molecule has 0 spiro atoms. The zero-order valence-electron chi connectivity index (χ0n) is 35.6. The Balaban J connectivity index is 1.51. The number of rotatable bonds is 18. The lowest BCUT2D eigenvalue weighted by atomic mass is 10.1. The zero-order chi connectivity index (χ0) is 44.3. The molecular formula is C37H57N6O12P2SSi2+. The van der Waals surface area contributed by atoms with Crippen molar-refractivity contribution in [1.82, 2.24) is 19.5 Å². The van der Waals surface area contributed by atoms with E-state index in [9.17, 15) is 24.6 Å². The van der Waals surface area contributed by atoms with Crippen LogP contribution in [-0.2, 0) is 52.8 Å². The summed E-state index contributed by atoms with van der Waals surface area (Å²) in [7, 11) is -8.06. The van der Waals surface area contributed by atoms with Crippen LogP contribution < -0.4 is 5.32 Å². The number of benzene rings is 1. The Bertz CT molecular complexity index is 2070. The van der Waals surface area contributed by atoms with Gasteiger partial charge in [-0.3, -0.25) is 13.9 Å². The number of amides is 1. The molecule has 23 heteroatoms. The van der Waals surface area contributed by atoms with Gasteiger partial charge in [0.2, 0.25) is 0 Å². The van der Waals surface area contributed by atoms with Crippen molar-refractivity contribution >= 4 is 66.3 Å². The molecule has 60 heavy (non-hydrogen) atoms. The van der Waals surface area contributed by atoms with E-state index in [1.54, 1.807) is 34.9 Å². The molecule has 2 aliphatic heterocycles. The first-order valence-electron chi connectivity index (χ1n) is 19.6. The number of nitrogens with zero attached hydrogens (tertiary/aromatic N) is 5. The highest BCUT2D eigenvalue weighted by Gasteiger charge is 2.55. The van der Waals surface area contributed by atoms with E-state index >= 15 is 0 Å². The minimum Gasteiger partial charge on any atom is -0.409 e. The van der Waals surface area contributed by atoms with Crippen molar-refractivity contribution in [3.8, 4) is 6.07 Å². The molecule has 0 aliphatic carbocycles. The number of hydrogen-bond acceptors (Lipinski definition) is 16. The highest BCUT2D eigenvalue weighted by Crippen LogP contribution is 2.56. The number of aliphatic hydroxyl groups is 1. The number of aliphatic hydroxyl groups excluding tert-OH is 1. The predicted molar refractivity (Wildman–Crippen MR) is 231 cm³/mol. The Kier molecular flexibility index (Phi) is 15.8. The lowest BCUT2D eigenvalue weighted by Crippen LogP contribution is -2.50. The summed E-state index contributed by atoms with van der Waals surface area (Å²) in [5.74, 6) is -0.250. The van der Waals surface area contributed by atoms with Crippen molar-refractivity contribution in [3.63, 3.8) is 0 Å². The van der Waals surface area contributed by atoms with Gasteiger partial charge in [0, 0.05) is 10.1 Å². The molecule has 0 radical (unpaired) electrons. The SMILES string of the molecule is CC(C)(C)[Si](C)(C)OC1COC(COP(=S)(OCCC#N)O[C@@H]2[C@H](O[Si](C)(C)C(C)(C)C)[C@@H](CO)O[C@H]2n2cnc3c(NC(=O)c4ccccc4)ncnc32)C1O[P+](=O)O. The van der Waals surface area contributed by atoms with Crippen LogP contribution in [0.15, 0.2) is 43.0 Å². The molecule has 3 aromatic rings. The molecule has 18 nitrogen and oxygen atoms in total. The number of aromatic nitrogens is 4. The van der Waals surface area contributed by atoms with Gasteiger partial charge in [0.25, 0.3) is 5.91 Å². The smallest absolute Gasteiger partial charge is 0.409 e. The van der Waals surface area contributed by atoms with Gasteiger partial charge in [-0.05, 0) is 60.2 Å². The summed E-state index contributed by atoms with van der Waals surface area (Å²) in [6, 6.07) is 10.7. The van der Waals surface area contributed by atoms with Gasteiger partial charge in [0.15, 0.2) is 45.9 Å². The topological polar surface area (TPSA) is 228 Å².